The number of nitrogen functional groups attached to an aromatic ring is 1. The van der Waals surface area contributed by atoms with Crippen LogP contribution in [0.4, 0.5) is 5.69 Å². The highest BCUT2D eigenvalue weighted by Crippen LogP contribution is 2.08. The quantitative estimate of drug-likeness (QED) is 0.809. The Morgan fingerprint density at radius 1 is 1.53 bits per heavy atom. The van der Waals surface area contributed by atoms with Gasteiger partial charge in [-0.25, -0.2) is 0 Å². The van der Waals surface area contributed by atoms with Gasteiger partial charge in [-0.1, -0.05) is 13.8 Å². The second kappa shape index (κ2) is 4.98. The fourth-order valence-electron chi connectivity index (χ4n) is 1.42. The van der Waals surface area contributed by atoms with Gasteiger partial charge in [0.15, 0.2) is 0 Å². The summed E-state index contributed by atoms with van der Waals surface area (Å²) in [7, 11) is 1.69. The van der Waals surface area contributed by atoms with Crippen LogP contribution in [0.15, 0.2) is 23.3 Å². The lowest BCUT2D eigenvalue weighted by atomic mass is 10.1. The number of ether oxygens (including phenoxy) is 1. The third-order valence-electron chi connectivity index (χ3n) is 2.44. The number of aromatic nitrogens is 1. The van der Waals surface area contributed by atoms with Crippen molar-refractivity contribution in [2.75, 3.05) is 12.8 Å². The summed E-state index contributed by atoms with van der Waals surface area (Å²) >= 11 is 0. The summed E-state index contributed by atoms with van der Waals surface area (Å²) in [5.74, 6) is 0.427. The molecule has 0 aromatic carbocycles. The van der Waals surface area contributed by atoms with Crippen LogP contribution in [0.1, 0.15) is 13.8 Å². The first-order chi connectivity index (χ1) is 7.04. The molecule has 0 fully saturated rings. The molecule has 1 atom stereocenters. The van der Waals surface area contributed by atoms with Crippen molar-refractivity contribution in [3.8, 4) is 0 Å². The second-order valence-corrected chi connectivity index (χ2v) is 3.98. The van der Waals surface area contributed by atoms with Crippen molar-refractivity contribution in [3.63, 3.8) is 0 Å². The molecule has 0 amide bonds. The van der Waals surface area contributed by atoms with Crippen molar-refractivity contribution in [1.82, 2.24) is 4.57 Å². The highest BCUT2D eigenvalue weighted by Gasteiger charge is 2.12. The van der Waals surface area contributed by atoms with E-state index in [0.29, 0.717) is 12.5 Å². The van der Waals surface area contributed by atoms with Gasteiger partial charge in [-0.05, 0) is 5.92 Å². The molecule has 1 heterocycles. The standard InChI is InChI=1S/C11H18N2O2/c1-8(2)11(15-3)7-13-5-4-10(14)9(12)6-13/h4-6,8,11H,7,12H2,1-3H3. The summed E-state index contributed by atoms with van der Waals surface area (Å²) in [6.07, 6.45) is 3.51. The van der Waals surface area contributed by atoms with Crippen LogP contribution in [-0.2, 0) is 11.3 Å². The van der Waals surface area contributed by atoms with E-state index >= 15 is 0 Å². The van der Waals surface area contributed by atoms with Crippen LogP contribution >= 0.6 is 0 Å². The number of hydrogen-bond donors (Lipinski definition) is 1. The molecule has 0 bridgehead atoms. The molecular formula is C11H18N2O2. The molecule has 1 unspecified atom stereocenters. The van der Waals surface area contributed by atoms with Crippen LogP contribution in [0.2, 0.25) is 0 Å². The first-order valence-corrected chi connectivity index (χ1v) is 5.03. The van der Waals surface area contributed by atoms with E-state index in [0.717, 1.165) is 0 Å². The average molecular weight is 210 g/mol. The maximum atomic E-state index is 11.1. The zero-order valence-corrected chi connectivity index (χ0v) is 9.43. The van der Waals surface area contributed by atoms with Crippen LogP contribution in [0.3, 0.4) is 0 Å². The Morgan fingerprint density at radius 3 is 2.67 bits per heavy atom. The monoisotopic (exact) mass is 210 g/mol. The van der Waals surface area contributed by atoms with Gasteiger partial charge in [0.1, 0.15) is 0 Å². The maximum Gasteiger partial charge on any atom is 0.204 e. The molecule has 2 N–H and O–H groups in total. The van der Waals surface area contributed by atoms with E-state index in [9.17, 15) is 4.79 Å². The first-order valence-electron chi connectivity index (χ1n) is 5.03. The molecule has 0 aliphatic rings. The molecule has 15 heavy (non-hydrogen) atoms. The molecule has 0 saturated carbocycles. The van der Waals surface area contributed by atoms with Gasteiger partial charge in [0.2, 0.25) is 5.43 Å². The Balaban J connectivity index is 2.80. The van der Waals surface area contributed by atoms with Crippen LogP contribution in [-0.4, -0.2) is 17.8 Å². The highest BCUT2D eigenvalue weighted by atomic mass is 16.5. The van der Waals surface area contributed by atoms with Gasteiger partial charge in [0.05, 0.1) is 11.8 Å². The molecule has 4 nitrogen and oxygen atoms in total. The number of pyridine rings is 1. The van der Waals surface area contributed by atoms with E-state index in [1.165, 1.54) is 6.07 Å². The number of methoxy groups -OCH3 is 1. The van der Waals surface area contributed by atoms with Gasteiger partial charge in [-0.15, -0.1) is 0 Å². The van der Waals surface area contributed by atoms with Crippen molar-refractivity contribution in [3.05, 3.63) is 28.7 Å². The van der Waals surface area contributed by atoms with E-state index in [1.807, 2.05) is 4.57 Å². The van der Waals surface area contributed by atoms with Crippen LogP contribution < -0.4 is 11.2 Å². The maximum absolute atomic E-state index is 11.1. The highest BCUT2D eigenvalue weighted by molar-refractivity contribution is 5.33. The summed E-state index contributed by atoms with van der Waals surface area (Å²) in [6.45, 7) is 4.90. The lowest BCUT2D eigenvalue weighted by molar-refractivity contribution is 0.0510. The van der Waals surface area contributed by atoms with E-state index in [4.69, 9.17) is 10.5 Å². The Labute approximate surface area is 89.7 Å². The molecule has 1 aromatic rings. The van der Waals surface area contributed by atoms with Gasteiger partial charge in [-0.2, -0.15) is 0 Å². The molecule has 0 aliphatic carbocycles. The Morgan fingerprint density at radius 2 is 2.20 bits per heavy atom. The van der Waals surface area contributed by atoms with Crippen molar-refractivity contribution in [2.24, 2.45) is 5.92 Å². The minimum atomic E-state index is -0.134. The zero-order chi connectivity index (χ0) is 11.4. The van der Waals surface area contributed by atoms with Crippen LogP contribution in [0, 0.1) is 5.92 Å². The molecule has 84 valence electrons. The summed E-state index contributed by atoms with van der Waals surface area (Å²) in [5, 5.41) is 0. The number of nitrogens with two attached hydrogens (primary N) is 1. The van der Waals surface area contributed by atoms with Gasteiger partial charge in [0, 0.05) is 32.1 Å². The van der Waals surface area contributed by atoms with Crippen molar-refractivity contribution in [1.29, 1.82) is 0 Å². The number of nitrogens with zero attached hydrogens (tertiary/aromatic N) is 1. The number of hydrogen-bond acceptors (Lipinski definition) is 3. The van der Waals surface area contributed by atoms with Gasteiger partial charge in [-0.3, -0.25) is 4.79 Å². The fourth-order valence-corrected chi connectivity index (χ4v) is 1.42. The minimum Gasteiger partial charge on any atom is -0.394 e. The van der Waals surface area contributed by atoms with Gasteiger partial charge in [0.25, 0.3) is 0 Å². The number of rotatable bonds is 4. The fraction of sp³-hybridized carbons (Fsp3) is 0.545. The zero-order valence-electron chi connectivity index (χ0n) is 9.43. The summed E-state index contributed by atoms with van der Waals surface area (Å²) < 4.78 is 7.23. The normalized spacial score (nSPS) is 13.1. The van der Waals surface area contributed by atoms with E-state index < -0.39 is 0 Å². The van der Waals surface area contributed by atoms with E-state index in [1.54, 1.807) is 19.5 Å². The Bertz CT molecular complexity index is 371. The van der Waals surface area contributed by atoms with Gasteiger partial charge < -0.3 is 15.0 Å². The molecule has 0 aliphatic heterocycles. The van der Waals surface area contributed by atoms with Crippen molar-refractivity contribution >= 4 is 5.69 Å². The Kier molecular flexibility index (Phi) is 3.91. The minimum absolute atomic E-state index is 0.131. The summed E-state index contributed by atoms with van der Waals surface area (Å²) in [5.41, 5.74) is 5.68. The molecule has 0 radical (unpaired) electrons. The SMILES string of the molecule is COC(Cn1ccc(=O)c(N)c1)C(C)C. The van der Waals surface area contributed by atoms with Crippen LogP contribution in [0.5, 0.6) is 0 Å². The molecule has 0 spiro atoms. The van der Waals surface area contributed by atoms with Crippen LogP contribution in [0.25, 0.3) is 0 Å². The summed E-state index contributed by atoms with van der Waals surface area (Å²) in [6, 6.07) is 1.47. The predicted molar refractivity (Wildman–Crippen MR) is 60.7 cm³/mol. The van der Waals surface area contributed by atoms with E-state index in [-0.39, 0.29) is 17.2 Å². The third kappa shape index (κ3) is 3.09. The lowest BCUT2D eigenvalue weighted by Crippen LogP contribution is -2.25. The largest absolute Gasteiger partial charge is 0.394 e. The lowest BCUT2D eigenvalue weighted by Gasteiger charge is -2.20. The number of anilines is 1. The molecular weight excluding hydrogens is 192 g/mol. The third-order valence-corrected chi connectivity index (χ3v) is 2.44. The van der Waals surface area contributed by atoms with Gasteiger partial charge >= 0.3 is 0 Å². The average Bonchev–Trinajstić information content (AvgIpc) is 2.19. The van der Waals surface area contributed by atoms with E-state index in [2.05, 4.69) is 13.8 Å². The molecule has 1 aromatic heterocycles. The Hall–Kier alpha value is -1.29. The predicted octanol–water partition coefficient (Wildman–Crippen LogP) is 1.10. The molecule has 0 saturated heterocycles. The smallest absolute Gasteiger partial charge is 0.204 e. The topological polar surface area (TPSA) is 57.2 Å². The molecule has 1 rings (SSSR count). The van der Waals surface area contributed by atoms with Crippen molar-refractivity contribution < 1.29 is 4.74 Å². The summed E-state index contributed by atoms with van der Waals surface area (Å²) in [4.78, 5) is 11.1. The molecule has 4 heteroatoms. The second-order valence-electron chi connectivity index (χ2n) is 3.98. The van der Waals surface area contributed by atoms with Crippen molar-refractivity contribution in [2.45, 2.75) is 26.5 Å². The first kappa shape index (κ1) is 11.8.